The van der Waals surface area contributed by atoms with Crippen molar-refractivity contribution in [1.29, 1.82) is 0 Å². The number of likely N-dealkylation sites (tertiary alicyclic amines) is 1. The van der Waals surface area contributed by atoms with Crippen LogP contribution >= 0.6 is 0 Å². The van der Waals surface area contributed by atoms with Crippen molar-refractivity contribution in [3.63, 3.8) is 0 Å². The first-order valence-electron chi connectivity index (χ1n) is 7.04. The van der Waals surface area contributed by atoms with Crippen LogP contribution in [0.4, 0.5) is 5.69 Å². The Hall–Kier alpha value is -1.39. The van der Waals surface area contributed by atoms with Crippen LogP contribution in [0, 0.1) is 0 Å². The molecule has 0 spiro atoms. The molecule has 1 aliphatic heterocycles. The topological polar surface area (TPSA) is 58.4 Å². The average Bonchev–Trinajstić information content (AvgIpc) is 2.77. The van der Waals surface area contributed by atoms with Crippen molar-refractivity contribution in [1.82, 2.24) is 4.90 Å². The molecule has 104 valence electrons. The van der Waals surface area contributed by atoms with Crippen LogP contribution in [0.2, 0.25) is 0 Å². The molecule has 2 rings (SSSR count). The van der Waals surface area contributed by atoms with E-state index >= 15 is 0 Å². The van der Waals surface area contributed by atoms with Crippen LogP contribution in [0.15, 0.2) is 24.3 Å². The number of nitrogens with one attached hydrogen (secondary N) is 1. The molecule has 1 fully saturated rings. The molecule has 1 atom stereocenters. The molecular formula is C15H23N3O. The van der Waals surface area contributed by atoms with Gasteiger partial charge in [0.1, 0.15) is 0 Å². The summed E-state index contributed by atoms with van der Waals surface area (Å²) in [5.74, 6) is 0.0392. The summed E-state index contributed by atoms with van der Waals surface area (Å²) in [6.45, 7) is 4.34. The van der Waals surface area contributed by atoms with E-state index in [4.69, 9.17) is 5.73 Å². The monoisotopic (exact) mass is 261 g/mol. The highest BCUT2D eigenvalue weighted by molar-refractivity contribution is 5.92. The Morgan fingerprint density at radius 1 is 1.42 bits per heavy atom. The third-order valence-electron chi connectivity index (χ3n) is 3.45. The first kappa shape index (κ1) is 14.0. The van der Waals surface area contributed by atoms with E-state index in [0.29, 0.717) is 6.54 Å². The lowest BCUT2D eigenvalue weighted by atomic mass is 10.1. The fraction of sp³-hybridized carbons (Fsp3) is 0.533. The first-order chi connectivity index (χ1) is 9.17. The summed E-state index contributed by atoms with van der Waals surface area (Å²) in [7, 11) is 0. The van der Waals surface area contributed by atoms with Gasteiger partial charge in [0.25, 0.3) is 0 Å². The van der Waals surface area contributed by atoms with Gasteiger partial charge in [-0.3, -0.25) is 9.69 Å². The van der Waals surface area contributed by atoms with Gasteiger partial charge in [0.05, 0.1) is 6.54 Å². The normalized spacial score (nSPS) is 19.6. The van der Waals surface area contributed by atoms with E-state index in [1.165, 1.54) is 5.56 Å². The summed E-state index contributed by atoms with van der Waals surface area (Å²) < 4.78 is 0. The molecule has 0 unspecified atom stereocenters. The van der Waals surface area contributed by atoms with Crippen LogP contribution in [0.1, 0.15) is 25.3 Å². The second kappa shape index (κ2) is 6.68. The van der Waals surface area contributed by atoms with Gasteiger partial charge in [-0.15, -0.1) is 0 Å². The number of hydrogen-bond donors (Lipinski definition) is 2. The van der Waals surface area contributed by atoms with E-state index < -0.39 is 0 Å². The Morgan fingerprint density at radius 2 is 2.16 bits per heavy atom. The third kappa shape index (κ3) is 4.33. The molecule has 0 bridgehead atoms. The zero-order chi connectivity index (χ0) is 13.7. The Kier molecular flexibility index (Phi) is 4.93. The van der Waals surface area contributed by atoms with Crippen molar-refractivity contribution in [3.05, 3.63) is 29.8 Å². The van der Waals surface area contributed by atoms with Gasteiger partial charge in [-0.2, -0.15) is 0 Å². The molecule has 1 aromatic carbocycles. The average molecular weight is 261 g/mol. The number of carbonyl (C=O) groups excluding carboxylic acids is 1. The quantitative estimate of drug-likeness (QED) is 0.846. The van der Waals surface area contributed by atoms with Crippen LogP contribution in [0.3, 0.4) is 0 Å². The van der Waals surface area contributed by atoms with Crippen molar-refractivity contribution in [2.24, 2.45) is 5.73 Å². The van der Waals surface area contributed by atoms with Crippen LogP contribution in [-0.4, -0.2) is 36.5 Å². The summed E-state index contributed by atoms with van der Waals surface area (Å²) in [5, 5.41) is 2.93. The van der Waals surface area contributed by atoms with E-state index in [9.17, 15) is 4.79 Å². The lowest BCUT2D eigenvalue weighted by molar-refractivity contribution is -0.117. The number of amides is 1. The minimum Gasteiger partial charge on any atom is -0.326 e. The number of nitrogens with zero attached hydrogens (tertiary/aromatic N) is 1. The van der Waals surface area contributed by atoms with E-state index in [1.54, 1.807) is 0 Å². The maximum absolute atomic E-state index is 11.9. The number of benzene rings is 1. The highest BCUT2D eigenvalue weighted by Crippen LogP contribution is 2.12. The fourth-order valence-electron chi connectivity index (χ4n) is 2.45. The number of carbonyl (C=O) groups is 1. The molecule has 1 saturated heterocycles. The summed E-state index contributed by atoms with van der Waals surface area (Å²) in [4.78, 5) is 14.0. The molecule has 0 aliphatic carbocycles. The summed E-state index contributed by atoms with van der Waals surface area (Å²) in [6.07, 6.45) is 3.21. The van der Waals surface area contributed by atoms with Gasteiger partial charge in [0, 0.05) is 24.8 Å². The van der Waals surface area contributed by atoms with E-state index in [1.807, 2.05) is 12.1 Å². The molecule has 1 aromatic rings. The maximum atomic E-state index is 11.9. The van der Waals surface area contributed by atoms with Gasteiger partial charge in [0.15, 0.2) is 0 Å². The largest absolute Gasteiger partial charge is 0.326 e. The summed E-state index contributed by atoms with van der Waals surface area (Å²) in [5.41, 5.74) is 8.01. The Labute approximate surface area is 115 Å². The van der Waals surface area contributed by atoms with Gasteiger partial charge >= 0.3 is 0 Å². The number of aryl methyl sites for hydroxylation is 1. The van der Waals surface area contributed by atoms with Gasteiger partial charge in [0.2, 0.25) is 5.91 Å². The molecule has 1 aliphatic rings. The van der Waals surface area contributed by atoms with Crippen LogP contribution in [-0.2, 0) is 11.2 Å². The van der Waals surface area contributed by atoms with Gasteiger partial charge in [-0.1, -0.05) is 25.5 Å². The van der Waals surface area contributed by atoms with E-state index in [2.05, 4.69) is 29.3 Å². The zero-order valence-electron chi connectivity index (χ0n) is 11.6. The van der Waals surface area contributed by atoms with Gasteiger partial charge in [-0.25, -0.2) is 0 Å². The molecule has 1 heterocycles. The Morgan fingerprint density at radius 3 is 2.74 bits per heavy atom. The van der Waals surface area contributed by atoms with Crippen LogP contribution in [0.25, 0.3) is 0 Å². The molecule has 4 heteroatoms. The second-order valence-electron chi connectivity index (χ2n) is 5.28. The lowest BCUT2D eigenvalue weighted by Crippen LogP contribution is -2.33. The number of rotatable bonds is 5. The van der Waals surface area contributed by atoms with E-state index in [-0.39, 0.29) is 11.9 Å². The predicted molar refractivity (Wildman–Crippen MR) is 78.1 cm³/mol. The molecule has 3 N–H and O–H groups in total. The van der Waals surface area contributed by atoms with Crippen LogP contribution in [0.5, 0.6) is 0 Å². The SMILES string of the molecule is CCCc1ccc(NC(=O)CN2CC[C@H](N)C2)cc1. The van der Waals surface area contributed by atoms with Crippen molar-refractivity contribution < 1.29 is 4.79 Å². The molecule has 1 amide bonds. The molecule has 0 saturated carbocycles. The van der Waals surface area contributed by atoms with Gasteiger partial charge in [-0.05, 0) is 30.5 Å². The molecular weight excluding hydrogens is 238 g/mol. The fourth-order valence-corrected chi connectivity index (χ4v) is 2.45. The van der Waals surface area contributed by atoms with Crippen molar-refractivity contribution in [3.8, 4) is 0 Å². The number of hydrogen-bond acceptors (Lipinski definition) is 3. The molecule has 0 radical (unpaired) electrons. The standard InChI is InChI=1S/C15H23N3O/c1-2-3-12-4-6-14(7-5-12)17-15(19)11-18-9-8-13(16)10-18/h4-7,13H,2-3,8-11,16H2,1H3,(H,17,19)/t13-/m0/s1. The lowest BCUT2D eigenvalue weighted by Gasteiger charge is -2.14. The zero-order valence-corrected chi connectivity index (χ0v) is 11.6. The third-order valence-corrected chi connectivity index (χ3v) is 3.45. The van der Waals surface area contributed by atoms with Gasteiger partial charge < -0.3 is 11.1 Å². The van der Waals surface area contributed by atoms with Crippen molar-refractivity contribution in [2.75, 3.05) is 25.0 Å². The summed E-state index contributed by atoms with van der Waals surface area (Å²) >= 11 is 0. The van der Waals surface area contributed by atoms with Crippen molar-refractivity contribution >= 4 is 11.6 Å². The summed E-state index contributed by atoms with van der Waals surface area (Å²) in [6, 6.07) is 8.31. The number of nitrogens with two attached hydrogens (primary N) is 1. The maximum Gasteiger partial charge on any atom is 0.238 e. The molecule has 19 heavy (non-hydrogen) atoms. The smallest absolute Gasteiger partial charge is 0.238 e. The van der Waals surface area contributed by atoms with Crippen LogP contribution < -0.4 is 11.1 Å². The predicted octanol–water partition coefficient (Wildman–Crippen LogP) is 1.61. The Balaban J connectivity index is 1.81. The Bertz CT molecular complexity index is 416. The number of anilines is 1. The second-order valence-corrected chi connectivity index (χ2v) is 5.28. The minimum absolute atomic E-state index is 0.0392. The minimum atomic E-state index is 0.0392. The first-order valence-corrected chi connectivity index (χ1v) is 7.04. The molecule has 0 aromatic heterocycles. The molecule has 4 nitrogen and oxygen atoms in total. The van der Waals surface area contributed by atoms with Crippen molar-refractivity contribution in [2.45, 2.75) is 32.2 Å². The highest BCUT2D eigenvalue weighted by Gasteiger charge is 2.20. The highest BCUT2D eigenvalue weighted by atomic mass is 16.2. The van der Waals surface area contributed by atoms with E-state index in [0.717, 1.165) is 38.0 Å².